The molecule has 0 aromatic heterocycles. The maximum Gasteiger partial charge on any atom is 0.343 e. The number of allylic oxidation sites excluding steroid dienone is 1. The molecule has 88 valence electrons. The molecule has 17 heavy (non-hydrogen) atoms. The number of hydrogen-bond acceptors (Lipinski definition) is 5. The topological polar surface area (TPSA) is 105 Å². The van der Waals surface area contributed by atoms with Gasteiger partial charge in [-0.1, -0.05) is 28.5 Å². The molecule has 0 aliphatic heterocycles. The quantitative estimate of drug-likeness (QED) is 0.554. The van der Waals surface area contributed by atoms with E-state index in [1.54, 1.807) is 12.1 Å². The van der Waals surface area contributed by atoms with Gasteiger partial charge in [0.15, 0.2) is 0 Å². The number of benzene rings is 1. The van der Waals surface area contributed by atoms with Gasteiger partial charge in [-0.3, -0.25) is 9.59 Å². The van der Waals surface area contributed by atoms with E-state index in [1.807, 2.05) is 0 Å². The third kappa shape index (κ3) is 1.80. The molecule has 0 fully saturated rings. The Hall–Kier alpha value is -1.83. The van der Waals surface area contributed by atoms with Crippen molar-refractivity contribution in [1.29, 1.82) is 0 Å². The molecule has 6 nitrogen and oxygen atoms in total. The number of rotatable bonds is 2. The van der Waals surface area contributed by atoms with Crippen LogP contribution in [0.5, 0.6) is 0 Å². The molecule has 0 saturated carbocycles. The summed E-state index contributed by atoms with van der Waals surface area (Å²) in [7, 11) is -4.11. The highest BCUT2D eigenvalue weighted by atomic mass is 32.2. The molecule has 1 aromatic carbocycles. The number of Topliss-reactive ketones (excluding diaryl/α,β-unsaturated/α-hetero) is 1. The Balaban J connectivity index is 2.75. The van der Waals surface area contributed by atoms with Crippen molar-refractivity contribution in [3.05, 3.63) is 41.5 Å². The van der Waals surface area contributed by atoms with Crippen LogP contribution in [-0.2, 0) is 19.2 Å². The number of carbonyl (C=O) groups excluding carboxylic acids is 2. The second-order valence-corrected chi connectivity index (χ2v) is 4.90. The first-order valence-corrected chi connectivity index (χ1v) is 5.96. The molecule has 0 heterocycles. The molecule has 0 unspecified atom stereocenters. The first kappa shape index (κ1) is 11.6. The standard InChI is InChI=1S/C10H8NO5S/c11-16-17(14,15)9-5-8(12)10(13)7-4-2-1-3-6(7)9/h1-5H,11H3/q+1. The fraction of sp³-hybridized carbons (Fsp3) is 0. The van der Waals surface area contributed by atoms with Gasteiger partial charge in [0.25, 0.3) is 0 Å². The van der Waals surface area contributed by atoms with E-state index in [9.17, 15) is 18.0 Å². The van der Waals surface area contributed by atoms with Gasteiger partial charge in [0.1, 0.15) is 4.91 Å². The Morgan fingerprint density at radius 1 is 1.06 bits per heavy atom. The average Bonchev–Trinajstić information content (AvgIpc) is 2.33. The van der Waals surface area contributed by atoms with Gasteiger partial charge < -0.3 is 0 Å². The van der Waals surface area contributed by atoms with Crippen LogP contribution in [0.25, 0.3) is 4.91 Å². The Morgan fingerprint density at radius 2 is 1.65 bits per heavy atom. The predicted octanol–water partition coefficient (Wildman–Crippen LogP) is -0.704. The number of fused-ring (bicyclic) bond motifs is 1. The molecule has 0 atom stereocenters. The molecule has 1 aliphatic carbocycles. The van der Waals surface area contributed by atoms with Gasteiger partial charge in [-0.15, -0.1) is 0 Å². The van der Waals surface area contributed by atoms with Crippen LogP contribution in [0.3, 0.4) is 0 Å². The van der Waals surface area contributed by atoms with Crippen LogP contribution >= 0.6 is 0 Å². The summed E-state index contributed by atoms with van der Waals surface area (Å²) in [6.07, 6.45) is 0.755. The van der Waals surface area contributed by atoms with Crippen LogP contribution in [0.15, 0.2) is 30.3 Å². The van der Waals surface area contributed by atoms with Gasteiger partial charge in [-0.05, 0) is 0 Å². The summed E-state index contributed by atoms with van der Waals surface area (Å²) in [5.74, 6) is 1.20. The lowest BCUT2D eigenvalue weighted by Gasteiger charge is -2.13. The summed E-state index contributed by atoms with van der Waals surface area (Å²) in [5, 5.41) is 0. The molecule has 1 aliphatic rings. The fourth-order valence-electron chi connectivity index (χ4n) is 1.56. The Labute approximate surface area is 96.8 Å². The van der Waals surface area contributed by atoms with E-state index in [1.165, 1.54) is 12.1 Å². The number of ketones is 2. The number of carbonyl (C=O) groups is 2. The number of quaternary nitrogens is 1. The summed E-state index contributed by atoms with van der Waals surface area (Å²) in [5.41, 5.74) is 0.205. The van der Waals surface area contributed by atoms with Gasteiger partial charge in [0.05, 0.1) is 0 Å². The van der Waals surface area contributed by atoms with Crippen molar-refractivity contribution < 1.29 is 28.2 Å². The summed E-state index contributed by atoms with van der Waals surface area (Å²) in [6, 6.07) is 5.93. The molecule has 0 radical (unpaired) electrons. The molecule has 7 heteroatoms. The highest BCUT2D eigenvalue weighted by Crippen LogP contribution is 2.29. The summed E-state index contributed by atoms with van der Waals surface area (Å²) < 4.78 is 27.2. The minimum Gasteiger partial charge on any atom is -0.286 e. The summed E-state index contributed by atoms with van der Waals surface area (Å²) in [4.78, 5) is 22.6. The lowest BCUT2D eigenvalue weighted by molar-refractivity contribution is -0.634. The van der Waals surface area contributed by atoms with Crippen LogP contribution in [0, 0.1) is 0 Å². The zero-order chi connectivity index (χ0) is 12.6. The molecule has 1 aromatic rings. The SMILES string of the molecule is [NH3+]OS(=O)(=O)C1=CC(=O)C(=O)c2ccccc21. The summed E-state index contributed by atoms with van der Waals surface area (Å²) >= 11 is 0. The highest BCUT2D eigenvalue weighted by Gasteiger charge is 2.33. The lowest BCUT2D eigenvalue weighted by atomic mass is 9.95. The van der Waals surface area contributed by atoms with Crippen molar-refractivity contribution in [1.82, 2.24) is 0 Å². The minimum atomic E-state index is -4.11. The molecule has 0 saturated heterocycles. The van der Waals surface area contributed by atoms with E-state index >= 15 is 0 Å². The van der Waals surface area contributed by atoms with Gasteiger partial charge in [0, 0.05) is 17.2 Å². The molecule has 0 bridgehead atoms. The van der Waals surface area contributed by atoms with Gasteiger partial charge >= 0.3 is 10.1 Å². The predicted molar refractivity (Wildman–Crippen MR) is 56.6 cm³/mol. The molecule has 2 rings (SSSR count). The normalized spacial score (nSPS) is 15.5. The van der Waals surface area contributed by atoms with Gasteiger partial charge in [-0.2, -0.15) is 14.3 Å². The molecule has 3 N–H and O–H groups in total. The van der Waals surface area contributed by atoms with Crippen molar-refractivity contribution in [3.63, 3.8) is 0 Å². The first-order valence-electron chi connectivity index (χ1n) is 4.56. The second-order valence-electron chi connectivity index (χ2n) is 3.32. The Kier molecular flexibility index (Phi) is 2.66. The van der Waals surface area contributed by atoms with E-state index < -0.39 is 21.7 Å². The average molecular weight is 254 g/mol. The van der Waals surface area contributed by atoms with Crippen molar-refractivity contribution in [2.45, 2.75) is 0 Å². The maximum absolute atomic E-state index is 11.6. The monoisotopic (exact) mass is 254 g/mol. The fourth-order valence-corrected chi connectivity index (χ4v) is 2.39. The van der Waals surface area contributed by atoms with Crippen molar-refractivity contribution in [3.8, 4) is 0 Å². The molecule has 0 amide bonds. The Morgan fingerprint density at radius 3 is 2.24 bits per heavy atom. The Bertz CT molecular complexity index is 644. The van der Waals surface area contributed by atoms with Gasteiger partial charge in [-0.25, -0.2) is 0 Å². The van der Waals surface area contributed by atoms with Crippen molar-refractivity contribution in [2.75, 3.05) is 0 Å². The second kappa shape index (κ2) is 3.88. The highest BCUT2D eigenvalue weighted by molar-refractivity contribution is 7.96. The smallest absolute Gasteiger partial charge is 0.286 e. The third-order valence-electron chi connectivity index (χ3n) is 2.35. The van der Waals surface area contributed by atoms with Crippen LogP contribution in [0.2, 0.25) is 0 Å². The summed E-state index contributed by atoms with van der Waals surface area (Å²) in [6.45, 7) is 0. The maximum atomic E-state index is 11.6. The zero-order valence-corrected chi connectivity index (χ0v) is 9.36. The molecular formula is C10H8NO5S+. The number of hydrogen-bond donors (Lipinski definition) is 1. The minimum absolute atomic E-state index is 0.0515. The lowest BCUT2D eigenvalue weighted by Crippen LogP contribution is -2.51. The zero-order valence-electron chi connectivity index (χ0n) is 8.54. The van der Waals surface area contributed by atoms with Crippen LogP contribution in [0.1, 0.15) is 15.9 Å². The van der Waals surface area contributed by atoms with E-state index in [2.05, 4.69) is 10.2 Å². The first-order chi connectivity index (χ1) is 7.97. The van der Waals surface area contributed by atoms with Crippen molar-refractivity contribution >= 4 is 26.6 Å². The van der Waals surface area contributed by atoms with E-state index in [4.69, 9.17) is 0 Å². The van der Waals surface area contributed by atoms with Crippen molar-refractivity contribution in [2.24, 2.45) is 0 Å². The van der Waals surface area contributed by atoms with Gasteiger partial charge in [0.2, 0.25) is 11.6 Å². The van der Waals surface area contributed by atoms with Crippen LogP contribution < -0.4 is 5.90 Å². The van der Waals surface area contributed by atoms with Crippen LogP contribution in [0.4, 0.5) is 0 Å². The largest absolute Gasteiger partial charge is 0.343 e. The van der Waals surface area contributed by atoms with E-state index in [0.29, 0.717) is 0 Å². The molecular weight excluding hydrogens is 246 g/mol. The third-order valence-corrected chi connectivity index (χ3v) is 3.53. The molecule has 0 spiro atoms. The van der Waals surface area contributed by atoms with E-state index in [0.717, 1.165) is 6.08 Å². The van der Waals surface area contributed by atoms with Crippen LogP contribution in [-0.4, -0.2) is 20.0 Å². The van der Waals surface area contributed by atoms with E-state index in [-0.39, 0.29) is 16.0 Å².